The van der Waals surface area contributed by atoms with Crippen LogP contribution in [-0.2, 0) is 9.53 Å². The lowest BCUT2D eigenvalue weighted by Crippen LogP contribution is -2.42. The van der Waals surface area contributed by atoms with Crippen molar-refractivity contribution < 1.29 is 14.3 Å². The van der Waals surface area contributed by atoms with Gasteiger partial charge in [-0.1, -0.05) is 0 Å². The van der Waals surface area contributed by atoms with Crippen LogP contribution in [0.1, 0.15) is 0 Å². The highest BCUT2D eigenvalue weighted by Gasteiger charge is 2.01. The number of hydrazine groups is 1. The van der Waals surface area contributed by atoms with Gasteiger partial charge >= 0.3 is 12.0 Å². The molecular weight excluding hydrogens is 174 g/mol. The van der Waals surface area contributed by atoms with E-state index in [1.807, 2.05) is 0 Å². The van der Waals surface area contributed by atoms with E-state index in [1.165, 1.54) is 7.11 Å². The van der Waals surface area contributed by atoms with E-state index in [1.54, 1.807) is 5.43 Å². The number of rotatable bonds is 2. The molecule has 0 heterocycles. The molecule has 0 aromatic rings. The molecule has 0 unspecified atom stereocenters. The zero-order chi connectivity index (χ0) is 7.98. The first kappa shape index (κ1) is 12.6. The number of nitrogens with two attached hydrogens (primary N) is 1. The average Bonchev–Trinajstić information content (AvgIpc) is 1.99. The van der Waals surface area contributed by atoms with E-state index in [4.69, 9.17) is 0 Å². The van der Waals surface area contributed by atoms with Crippen LogP contribution in [0.4, 0.5) is 4.79 Å². The Hall–Kier alpha value is -1.01. The molecule has 0 spiro atoms. The maximum atomic E-state index is 10.3. The van der Waals surface area contributed by atoms with Gasteiger partial charge in [0, 0.05) is 0 Å². The Morgan fingerprint density at radius 1 is 1.55 bits per heavy atom. The van der Waals surface area contributed by atoms with Gasteiger partial charge in [0.1, 0.15) is 6.54 Å². The smallest absolute Gasteiger partial charge is 0.329 e. The van der Waals surface area contributed by atoms with Crippen molar-refractivity contribution in [3.05, 3.63) is 0 Å². The maximum Gasteiger partial charge on any atom is 0.329 e. The quantitative estimate of drug-likeness (QED) is 0.216. The number of hydrogen-bond acceptors (Lipinski definition) is 4. The molecule has 6 nitrogen and oxygen atoms in total. The van der Waals surface area contributed by atoms with Crippen LogP contribution in [-0.4, -0.2) is 25.7 Å². The van der Waals surface area contributed by atoms with Gasteiger partial charge in [0.2, 0.25) is 0 Å². The van der Waals surface area contributed by atoms with E-state index in [-0.39, 0.29) is 19.0 Å². The fourth-order valence-electron chi connectivity index (χ4n) is 0.276. The molecule has 0 bridgehead atoms. The van der Waals surface area contributed by atoms with Crippen molar-refractivity contribution in [3.63, 3.8) is 0 Å². The monoisotopic (exact) mass is 183 g/mol. The van der Waals surface area contributed by atoms with Crippen LogP contribution in [0.2, 0.25) is 0 Å². The second-order valence-electron chi connectivity index (χ2n) is 1.40. The van der Waals surface area contributed by atoms with Gasteiger partial charge in [0.25, 0.3) is 0 Å². The SMILES string of the molecule is COC(=O)CNC(=O)NN.Cl. The summed E-state index contributed by atoms with van der Waals surface area (Å²) in [5.41, 5.74) is 1.79. The summed E-state index contributed by atoms with van der Waals surface area (Å²) < 4.78 is 4.22. The number of urea groups is 1. The molecule has 0 rings (SSSR count). The number of esters is 1. The number of halogens is 1. The van der Waals surface area contributed by atoms with Gasteiger partial charge in [0.05, 0.1) is 7.11 Å². The Kier molecular flexibility index (Phi) is 8.16. The molecular formula is C4H10ClN3O3. The summed E-state index contributed by atoms with van der Waals surface area (Å²) in [6.07, 6.45) is 0. The number of hydrogen-bond donors (Lipinski definition) is 3. The van der Waals surface area contributed by atoms with E-state index in [9.17, 15) is 9.59 Å². The van der Waals surface area contributed by atoms with Crippen molar-refractivity contribution in [2.45, 2.75) is 0 Å². The fourth-order valence-corrected chi connectivity index (χ4v) is 0.276. The van der Waals surface area contributed by atoms with Crippen LogP contribution in [0.15, 0.2) is 0 Å². The van der Waals surface area contributed by atoms with Crippen LogP contribution in [0.25, 0.3) is 0 Å². The van der Waals surface area contributed by atoms with Gasteiger partial charge < -0.3 is 10.1 Å². The first-order chi connectivity index (χ1) is 4.70. The molecule has 66 valence electrons. The highest BCUT2D eigenvalue weighted by atomic mass is 35.5. The van der Waals surface area contributed by atoms with Crippen molar-refractivity contribution in [3.8, 4) is 0 Å². The predicted octanol–water partition coefficient (Wildman–Crippen LogP) is -1.25. The summed E-state index contributed by atoms with van der Waals surface area (Å²) in [5.74, 6) is 4.16. The zero-order valence-corrected chi connectivity index (χ0v) is 6.73. The molecule has 0 aliphatic rings. The number of amides is 2. The summed E-state index contributed by atoms with van der Waals surface area (Å²) in [6, 6.07) is -0.620. The zero-order valence-electron chi connectivity index (χ0n) is 5.92. The highest BCUT2D eigenvalue weighted by molar-refractivity contribution is 5.85. The minimum Gasteiger partial charge on any atom is -0.468 e. The Balaban J connectivity index is 0. The number of carbonyl (C=O) groups is 2. The molecule has 0 saturated carbocycles. The Labute approximate surface area is 69.8 Å². The molecule has 0 saturated heterocycles. The number of methoxy groups -OCH3 is 1. The predicted molar refractivity (Wildman–Crippen MR) is 40.0 cm³/mol. The van der Waals surface area contributed by atoms with E-state index < -0.39 is 12.0 Å². The van der Waals surface area contributed by atoms with Crippen molar-refractivity contribution in [1.82, 2.24) is 10.7 Å². The summed E-state index contributed by atoms with van der Waals surface area (Å²) in [6.45, 7) is -0.181. The lowest BCUT2D eigenvalue weighted by atomic mass is 10.6. The molecule has 4 N–H and O–H groups in total. The van der Waals surface area contributed by atoms with Gasteiger partial charge in [-0.2, -0.15) is 0 Å². The van der Waals surface area contributed by atoms with Crippen LogP contribution >= 0.6 is 12.4 Å². The third-order valence-corrected chi connectivity index (χ3v) is 0.752. The van der Waals surface area contributed by atoms with Gasteiger partial charge in [-0.15, -0.1) is 12.4 Å². The molecule has 0 fully saturated rings. The van der Waals surface area contributed by atoms with Crippen LogP contribution in [0, 0.1) is 0 Å². The first-order valence-corrected chi connectivity index (χ1v) is 2.52. The van der Waals surface area contributed by atoms with Crippen LogP contribution in [0.5, 0.6) is 0 Å². The molecule has 0 aromatic heterocycles. The van der Waals surface area contributed by atoms with Crippen molar-refractivity contribution >= 4 is 24.4 Å². The number of carbonyl (C=O) groups excluding carboxylic acids is 2. The first-order valence-electron chi connectivity index (χ1n) is 2.52. The normalized spacial score (nSPS) is 7.45. The molecule has 0 radical (unpaired) electrons. The molecule has 0 aliphatic heterocycles. The van der Waals surface area contributed by atoms with Crippen LogP contribution in [0.3, 0.4) is 0 Å². The third-order valence-electron chi connectivity index (χ3n) is 0.752. The maximum absolute atomic E-state index is 10.3. The lowest BCUT2D eigenvalue weighted by molar-refractivity contribution is -0.139. The second-order valence-corrected chi connectivity index (χ2v) is 1.40. The van der Waals surface area contributed by atoms with Crippen molar-refractivity contribution in [1.29, 1.82) is 0 Å². The van der Waals surface area contributed by atoms with Crippen LogP contribution < -0.4 is 16.6 Å². The van der Waals surface area contributed by atoms with E-state index >= 15 is 0 Å². The molecule has 11 heavy (non-hydrogen) atoms. The average molecular weight is 184 g/mol. The second kappa shape index (κ2) is 7.10. The van der Waals surface area contributed by atoms with E-state index in [0.717, 1.165) is 0 Å². The van der Waals surface area contributed by atoms with E-state index in [2.05, 4.69) is 15.9 Å². The van der Waals surface area contributed by atoms with Crippen molar-refractivity contribution in [2.24, 2.45) is 5.84 Å². The minimum absolute atomic E-state index is 0. The number of nitrogens with one attached hydrogen (secondary N) is 2. The summed E-state index contributed by atoms with van der Waals surface area (Å²) in [4.78, 5) is 20.6. The summed E-state index contributed by atoms with van der Waals surface area (Å²) >= 11 is 0. The Morgan fingerprint density at radius 2 is 2.09 bits per heavy atom. The summed E-state index contributed by atoms with van der Waals surface area (Å²) in [7, 11) is 1.23. The fraction of sp³-hybridized carbons (Fsp3) is 0.500. The molecule has 0 aromatic carbocycles. The third kappa shape index (κ3) is 6.88. The van der Waals surface area contributed by atoms with Crippen molar-refractivity contribution in [2.75, 3.05) is 13.7 Å². The molecule has 0 aliphatic carbocycles. The van der Waals surface area contributed by atoms with Gasteiger partial charge in [-0.05, 0) is 0 Å². The lowest BCUT2D eigenvalue weighted by Gasteiger charge is -2.00. The molecule has 0 atom stereocenters. The van der Waals surface area contributed by atoms with Gasteiger partial charge in [-0.3, -0.25) is 10.2 Å². The van der Waals surface area contributed by atoms with E-state index in [0.29, 0.717) is 0 Å². The number of ether oxygens (including phenoxy) is 1. The largest absolute Gasteiger partial charge is 0.468 e. The standard InChI is InChI=1S/C4H9N3O3.ClH/c1-10-3(8)2-6-4(9)7-5;/h2,5H2,1H3,(H2,6,7,9);1H. The topological polar surface area (TPSA) is 93.4 Å². The molecule has 2 amide bonds. The summed E-state index contributed by atoms with van der Waals surface area (Å²) in [5, 5.41) is 2.13. The van der Waals surface area contributed by atoms with Gasteiger partial charge in [-0.25, -0.2) is 10.6 Å². The molecule has 7 heteroatoms. The Morgan fingerprint density at radius 3 is 2.45 bits per heavy atom. The highest BCUT2D eigenvalue weighted by Crippen LogP contribution is 1.68. The Bertz CT molecular complexity index is 125. The minimum atomic E-state index is -0.620. The van der Waals surface area contributed by atoms with Gasteiger partial charge in [0.15, 0.2) is 0 Å².